The Kier molecular flexibility index (Phi) is 6.49. The van der Waals surface area contributed by atoms with Gasteiger partial charge in [0.05, 0.1) is 18.8 Å². The smallest absolute Gasteiger partial charge is 0.226 e. The van der Waals surface area contributed by atoms with E-state index in [9.17, 15) is 13.2 Å². The molecular weight excluding hydrogens is 338 g/mol. The van der Waals surface area contributed by atoms with Gasteiger partial charge in [-0.05, 0) is 43.4 Å². The fourth-order valence-corrected chi connectivity index (χ4v) is 4.05. The maximum Gasteiger partial charge on any atom is 0.226 e. The SMILES string of the molecule is CC(C)c1ccc(OCCC(=O)N(C(C)CS(C)(=O)=O)C2CC2)cc1. The number of ether oxygens (including phenoxy) is 1. The van der Waals surface area contributed by atoms with Gasteiger partial charge in [-0.3, -0.25) is 4.79 Å². The zero-order chi connectivity index (χ0) is 18.6. The van der Waals surface area contributed by atoms with E-state index in [-0.39, 0.29) is 30.2 Å². The van der Waals surface area contributed by atoms with Gasteiger partial charge in [-0.25, -0.2) is 8.42 Å². The molecule has 1 aliphatic carbocycles. The molecule has 1 amide bonds. The van der Waals surface area contributed by atoms with Crippen molar-refractivity contribution in [2.75, 3.05) is 18.6 Å². The van der Waals surface area contributed by atoms with Crippen molar-refractivity contribution >= 4 is 15.7 Å². The number of hydrogen-bond donors (Lipinski definition) is 0. The van der Waals surface area contributed by atoms with Crippen LogP contribution < -0.4 is 4.74 Å². The topological polar surface area (TPSA) is 63.7 Å². The minimum Gasteiger partial charge on any atom is -0.493 e. The Hall–Kier alpha value is -1.56. The molecule has 1 unspecified atom stereocenters. The summed E-state index contributed by atoms with van der Waals surface area (Å²) in [7, 11) is -3.11. The van der Waals surface area contributed by atoms with E-state index in [4.69, 9.17) is 4.74 Å². The van der Waals surface area contributed by atoms with Gasteiger partial charge >= 0.3 is 0 Å². The molecule has 1 saturated carbocycles. The van der Waals surface area contributed by atoms with Crippen LogP contribution in [0.4, 0.5) is 0 Å². The van der Waals surface area contributed by atoms with Crippen molar-refractivity contribution in [1.82, 2.24) is 4.90 Å². The van der Waals surface area contributed by atoms with Crippen LogP contribution in [0.15, 0.2) is 24.3 Å². The number of nitrogens with zero attached hydrogens (tertiary/aromatic N) is 1. The van der Waals surface area contributed by atoms with Crippen molar-refractivity contribution in [2.45, 2.75) is 58.0 Å². The highest BCUT2D eigenvalue weighted by Crippen LogP contribution is 2.29. The first-order valence-electron chi connectivity index (χ1n) is 8.89. The van der Waals surface area contributed by atoms with E-state index in [1.807, 2.05) is 31.2 Å². The van der Waals surface area contributed by atoms with Gasteiger partial charge in [0.15, 0.2) is 0 Å². The van der Waals surface area contributed by atoms with Crippen LogP contribution in [0.1, 0.15) is 51.5 Å². The van der Waals surface area contributed by atoms with Gasteiger partial charge in [0.1, 0.15) is 15.6 Å². The fraction of sp³-hybridized carbons (Fsp3) is 0.632. The molecule has 1 fully saturated rings. The molecule has 0 spiro atoms. The van der Waals surface area contributed by atoms with Crippen molar-refractivity contribution in [3.05, 3.63) is 29.8 Å². The lowest BCUT2D eigenvalue weighted by Crippen LogP contribution is -2.44. The molecular formula is C19H29NO4S. The van der Waals surface area contributed by atoms with E-state index in [0.717, 1.165) is 18.6 Å². The van der Waals surface area contributed by atoms with Gasteiger partial charge in [0.25, 0.3) is 0 Å². The summed E-state index contributed by atoms with van der Waals surface area (Å²) in [4.78, 5) is 14.3. The maximum absolute atomic E-state index is 12.5. The van der Waals surface area contributed by atoms with Gasteiger partial charge < -0.3 is 9.64 Å². The zero-order valence-corrected chi connectivity index (χ0v) is 16.4. The number of carbonyl (C=O) groups excluding carboxylic acids is 1. The lowest BCUT2D eigenvalue weighted by molar-refractivity contribution is -0.133. The summed E-state index contributed by atoms with van der Waals surface area (Å²) in [6.07, 6.45) is 3.38. The average molecular weight is 368 g/mol. The number of amides is 1. The predicted octanol–water partition coefficient (Wildman–Crippen LogP) is 3.00. The van der Waals surface area contributed by atoms with Crippen LogP contribution in [0.3, 0.4) is 0 Å². The Morgan fingerprint density at radius 3 is 2.28 bits per heavy atom. The Morgan fingerprint density at radius 2 is 1.80 bits per heavy atom. The predicted molar refractivity (Wildman–Crippen MR) is 99.7 cm³/mol. The van der Waals surface area contributed by atoms with Gasteiger partial charge in [-0.15, -0.1) is 0 Å². The first-order chi connectivity index (χ1) is 11.7. The Balaban J connectivity index is 1.86. The van der Waals surface area contributed by atoms with Gasteiger partial charge in [0.2, 0.25) is 5.91 Å². The van der Waals surface area contributed by atoms with Crippen LogP contribution in [0.25, 0.3) is 0 Å². The van der Waals surface area contributed by atoms with E-state index in [2.05, 4.69) is 13.8 Å². The van der Waals surface area contributed by atoms with Gasteiger partial charge in [0, 0.05) is 18.3 Å². The third-order valence-corrected chi connectivity index (χ3v) is 5.47. The van der Waals surface area contributed by atoms with Crippen molar-refractivity contribution in [3.63, 3.8) is 0 Å². The summed E-state index contributed by atoms with van der Waals surface area (Å²) < 4.78 is 28.7. The molecule has 0 heterocycles. The summed E-state index contributed by atoms with van der Waals surface area (Å²) in [5, 5.41) is 0. The Labute approximate surface area is 151 Å². The molecule has 5 nitrogen and oxygen atoms in total. The van der Waals surface area contributed by atoms with Crippen molar-refractivity contribution in [3.8, 4) is 5.75 Å². The molecule has 1 atom stereocenters. The molecule has 0 saturated heterocycles. The van der Waals surface area contributed by atoms with Gasteiger partial charge in [-0.2, -0.15) is 0 Å². The van der Waals surface area contributed by atoms with Gasteiger partial charge in [-0.1, -0.05) is 26.0 Å². The molecule has 1 aliphatic rings. The summed E-state index contributed by atoms with van der Waals surface area (Å²) in [5.74, 6) is 1.20. The lowest BCUT2D eigenvalue weighted by atomic mass is 10.0. The monoisotopic (exact) mass is 367 g/mol. The highest BCUT2D eigenvalue weighted by Gasteiger charge is 2.36. The second-order valence-electron chi connectivity index (χ2n) is 7.30. The number of rotatable bonds is 9. The van der Waals surface area contributed by atoms with Crippen LogP contribution in [0.2, 0.25) is 0 Å². The van der Waals surface area contributed by atoms with Crippen LogP contribution in [-0.4, -0.2) is 49.9 Å². The molecule has 0 radical (unpaired) electrons. The number of sulfone groups is 1. The highest BCUT2D eigenvalue weighted by atomic mass is 32.2. The summed E-state index contributed by atoms with van der Waals surface area (Å²) in [6, 6.07) is 7.81. The van der Waals surface area contributed by atoms with Crippen LogP contribution in [0, 0.1) is 0 Å². The quantitative estimate of drug-likeness (QED) is 0.673. The molecule has 25 heavy (non-hydrogen) atoms. The van der Waals surface area contributed by atoms with Crippen LogP contribution in [0.5, 0.6) is 5.75 Å². The van der Waals surface area contributed by atoms with E-state index < -0.39 is 9.84 Å². The summed E-state index contributed by atoms with van der Waals surface area (Å²) in [5.41, 5.74) is 1.25. The minimum atomic E-state index is -3.11. The van der Waals surface area contributed by atoms with Crippen molar-refractivity contribution in [2.24, 2.45) is 0 Å². The molecule has 0 N–H and O–H groups in total. The van der Waals surface area contributed by atoms with Crippen molar-refractivity contribution < 1.29 is 17.9 Å². The number of hydrogen-bond acceptors (Lipinski definition) is 4. The fourth-order valence-electron chi connectivity index (χ4n) is 3.01. The number of benzene rings is 1. The maximum atomic E-state index is 12.5. The van der Waals surface area contributed by atoms with E-state index in [1.54, 1.807) is 4.90 Å². The standard InChI is InChI=1S/C19H29NO4S/c1-14(2)16-5-9-18(10-6-16)24-12-11-19(21)20(17-7-8-17)15(3)13-25(4,22)23/h5-6,9-10,14-15,17H,7-8,11-13H2,1-4H3. The minimum absolute atomic E-state index is 0.00671. The largest absolute Gasteiger partial charge is 0.493 e. The molecule has 1 aromatic carbocycles. The lowest BCUT2D eigenvalue weighted by Gasteiger charge is -2.29. The van der Waals surface area contributed by atoms with E-state index in [1.165, 1.54) is 11.8 Å². The van der Waals surface area contributed by atoms with Crippen molar-refractivity contribution in [1.29, 1.82) is 0 Å². The van der Waals surface area contributed by atoms with E-state index >= 15 is 0 Å². The molecule has 2 rings (SSSR count). The normalized spacial score (nSPS) is 15.9. The molecule has 0 bridgehead atoms. The second-order valence-corrected chi connectivity index (χ2v) is 9.48. The van der Waals surface area contributed by atoms with Crippen LogP contribution >= 0.6 is 0 Å². The molecule has 6 heteroatoms. The average Bonchev–Trinajstić information content (AvgIpc) is 3.30. The first kappa shape index (κ1) is 19.8. The molecule has 140 valence electrons. The molecule has 0 aliphatic heterocycles. The zero-order valence-electron chi connectivity index (χ0n) is 15.6. The molecule has 1 aromatic rings. The Bertz CT molecular complexity index is 678. The highest BCUT2D eigenvalue weighted by molar-refractivity contribution is 7.90. The molecule has 0 aromatic heterocycles. The third-order valence-electron chi connectivity index (χ3n) is 4.38. The second kappa shape index (κ2) is 8.21. The number of carbonyl (C=O) groups is 1. The Morgan fingerprint density at radius 1 is 1.20 bits per heavy atom. The van der Waals surface area contributed by atoms with Crippen LogP contribution in [-0.2, 0) is 14.6 Å². The summed E-state index contributed by atoms with van der Waals surface area (Å²) >= 11 is 0. The first-order valence-corrected chi connectivity index (χ1v) is 10.9. The third kappa shape index (κ3) is 6.34. The summed E-state index contributed by atoms with van der Waals surface area (Å²) in [6.45, 7) is 6.38. The van der Waals surface area contributed by atoms with E-state index in [0.29, 0.717) is 12.5 Å².